The van der Waals surface area contributed by atoms with Gasteiger partial charge in [-0.3, -0.25) is 9.97 Å². The highest BCUT2D eigenvalue weighted by atomic mass is 19.1. The van der Waals surface area contributed by atoms with E-state index >= 15 is 0 Å². The van der Waals surface area contributed by atoms with Crippen LogP contribution in [0.4, 0.5) is 8.78 Å². The minimum Gasteiger partial charge on any atom is -0.465 e. The smallest absolute Gasteiger partial charge is 0.337 e. The van der Waals surface area contributed by atoms with E-state index < -0.39 is 17.6 Å². The molecule has 0 unspecified atom stereocenters. The standard InChI is InChI=1S/C18H14F2N2O2/c1-3-10-7-22-17(16-14(19)8-21-9-15(16)20)13-6-11(18(23)24-2)4-5-12(10)13/h4-9H,3H2,1-2H3. The highest BCUT2D eigenvalue weighted by molar-refractivity contribution is 6.01. The van der Waals surface area contributed by atoms with Gasteiger partial charge in [0.15, 0.2) is 11.6 Å². The van der Waals surface area contributed by atoms with E-state index in [-0.39, 0.29) is 16.8 Å². The fourth-order valence-corrected chi connectivity index (χ4v) is 2.67. The second kappa shape index (κ2) is 6.31. The van der Waals surface area contributed by atoms with Crippen LogP contribution in [0.5, 0.6) is 0 Å². The summed E-state index contributed by atoms with van der Waals surface area (Å²) in [7, 11) is 1.27. The van der Waals surface area contributed by atoms with Gasteiger partial charge in [0.1, 0.15) is 0 Å². The Balaban J connectivity index is 2.37. The van der Waals surface area contributed by atoms with E-state index in [1.54, 1.807) is 24.4 Å². The van der Waals surface area contributed by atoms with Gasteiger partial charge < -0.3 is 4.74 Å². The number of rotatable bonds is 3. The Kier molecular flexibility index (Phi) is 4.20. The molecule has 0 bridgehead atoms. The Hall–Kier alpha value is -2.89. The zero-order valence-electron chi connectivity index (χ0n) is 13.1. The van der Waals surface area contributed by atoms with Crippen LogP contribution < -0.4 is 0 Å². The van der Waals surface area contributed by atoms with Gasteiger partial charge in [-0.05, 0) is 29.5 Å². The predicted octanol–water partition coefficient (Wildman–Crippen LogP) is 3.92. The number of methoxy groups -OCH3 is 1. The van der Waals surface area contributed by atoms with Crippen molar-refractivity contribution in [2.45, 2.75) is 13.3 Å². The van der Waals surface area contributed by atoms with Crippen LogP contribution in [-0.2, 0) is 11.2 Å². The number of ether oxygens (including phenoxy) is 1. The molecule has 122 valence electrons. The number of pyridine rings is 2. The third-order valence-electron chi connectivity index (χ3n) is 3.86. The van der Waals surface area contributed by atoms with Crippen molar-refractivity contribution >= 4 is 16.7 Å². The molecule has 4 nitrogen and oxygen atoms in total. The molecule has 3 aromatic rings. The number of hydrogen-bond donors (Lipinski definition) is 0. The average molecular weight is 328 g/mol. The normalized spacial score (nSPS) is 10.8. The first-order chi connectivity index (χ1) is 11.6. The van der Waals surface area contributed by atoms with Crippen molar-refractivity contribution in [1.29, 1.82) is 0 Å². The van der Waals surface area contributed by atoms with E-state index in [1.807, 2.05) is 6.92 Å². The summed E-state index contributed by atoms with van der Waals surface area (Å²) in [6, 6.07) is 4.90. The van der Waals surface area contributed by atoms with E-state index in [0.717, 1.165) is 23.3 Å². The molecule has 1 aromatic carbocycles. The number of esters is 1. The fraction of sp³-hybridized carbons (Fsp3) is 0.167. The van der Waals surface area contributed by atoms with Crippen LogP contribution in [0.3, 0.4) is 0 Å². The average Bonchev–Trinajstić information content (AvgIpc) is 2.60. The Morgan fingerprint density at radius 3 is 2.46 bits per heavy atom. The van der Waals surface area contributed by atoms with Crippen LogP contribution in [0.25, 0.3) is 22.0 Å². The first kappa shape index (κ1) is 16.0. The summed E-state index contributed by atoms with van der Waals surface area (Å²) in [6.07, 6.45) is 4.16. The molecule has 0 radical (unpaired) electrons. The summed E-state index contributed by atoms with van der Waals surface area (Å²) in [5, 5.41) is 1.27. The molecule has 0 amide bonds. The van der Waals surface area contributed by atoms with Gasteiger partial charge >= 0.3 is 5.97 Å². The number of aromatic nitrogens is 2. The maximum absolute atomic E-state index is 14.1. The molecular weight excluding hydrogens is 314 g/mol. The molecule has 0 saturated heterocycles. The maximum Gasteiger partial charge on any atom is 0.337 e. The summed E-state index contributed by atoms with van der Waals surface area (Å²) < 4.78 is 33.0. The third kappa shape index (κ3) is 2.60. The molecule has 0 atom stereocenters. The number of benzene rings is 1. The van der Waals surface area contributed by atoms with Gasteiger partial charge in [0.2, 0.25) is 0 Å². The molecule has 24 heavy (non-hydrogen) atoms. The summed E-state index contributed by atoms with van der Waals surface area (Å²) >= 11 is 0. The van der Waals surface area contributed by atoms with Crippen LogP contribution in [-0.4, -0.2) is 23.0 Å². The first-order valence-electron chi connectivity index (χ1n) is 7.36. The van der Waals surface area contributed by atoms with E-state index in [9.17, 15) is 13.6 Å². The predicted molar refractivity (Wildman–Crippen MR) is 85.6 cm³/mol. The van der Waals surface area contributed by atoms with Crippen molar-refractivity contribution in [2.24, 2.45) is 0 Å². The van der Waals surface area contributed by atoms with Gasteiger partial charge in [-0.15, -0.1) is 0 Å². The van der Waals surface area contributed by atoms with Gasteiger partial charge in [-0.25, -0.2) is 13.6 Å². The Labute approximate surface area is 137 Å². The first-order valence-corrected chi connectivity index (χ1v) is 7.36. The number of carbonyl (C=O) groups is 1. The number of nitrogens with zero attached hydrogens (tertiary/aromatic N) is 2. The number of aryl methyl sites for hydroxylation is 1. The Morgan fingerprint density at radius 1 is 1.12 bits per heavy atom. The Bertz CT molecular complexity index is 921. The molecule has 0 aliphatic heterocycles. The van der Waals surface area contributed by atoms with Crippen LogP contribution >= 0.6 is 0 Å². The minimum absolute atomic E-state index is 0.130. The highest BCUT2D eigenvalue weighted by Gasteiger charge is 2.18. The van der Waals surface area contributed by atoms with Gasteiger partial charge in [0.05, 0.1) is 36.3 Å². The zero-order chi connectivity index (χ0) is 17.3. The summed E-state index contributed by atoms with van der Waals surface area (Å²) in [6.45, 7) is 1.96. The third-order valence-corrected chi connectivity index (χ3v) is 3.86. The molecule has 0 N–H and O–H groups in total. The number of hydrogen-bond acceptors (Lipinski definition) is 4. The number of halogens is 2. The second-order valence-electron chi connectivity index (χ2n) is 5.22. The van der Waals surface area contributed by atoms with E-state index in [0.29, 0.717) is 11.8 Å². The van der Waals surface area contributed by atoms with E-state index in [4.69, 9.17) is 4.74 Å². The summed E-state index contributed by atoms with van der Waals surface area (Å²) in [5.41, 5.74) is 1.07. The summed E-state index contributed by atoms with van der Waals surface area (Å²) in [4.78, 5) is 19.5. The lowest BCUT2D eigenvalue weighted by Gasteiger charge is -2.12. The van der Waals surface area contributed by atoms with Crippen LogP contribution in [0.2, 0.25) is 0 Å². The quantitative estimate of drug-likeness (QED) is 0.684. The fourth-order valence-electron chi connectivity index (χ4n) is 2.67. The molecule has 6 heteroatoms. The lowest BCUT2D eigenvalue weighted by molar-refractivity contribution is 0.0601. The molecule has 2 heterocycles. The van der Waals surface area contributed by atoms with E-state index in [1.165, 1.54) is 7.11 Å². The molecule has 0 spiro atoms. The minimum atomic E-state index is -0.809. The van der Waals surface area contributed by atoms with Gasteiger partial charge in [0.25, 0.3) is 0 Å². The largest absolute Gasteiger partial charge is 0.465 e. The van der Waals surface area contributed by atoms with Crippen LogP contribution in [0.1, 0.15) is 22.8 Å². The monoisotopic (exact) mass is 328 g/mol. The molecule has 2 aromatic heterocycles. The van der Waals surface area contributed by atoms with Crippen molar-refractivity contribution in [1.82, 2.24) is 9.97 Å². The van der Waals surface area contributed by atoms with Crippen LogP contribution in [0, 0.1) is 11.6 Å². The molecule has 3 rings (SSSR count). The molecule has 0 saturated carbocycles. The summed E-state index contributed by atoms with van der Waals surface area (Å²) in [5.74, 6) is -2.14. The van der Waals surface area contributed by atoms with Crippen molar-refractivity contribution in [3.05, 3.63) is 59.6 Å². The van der Waals surface area contributed by atoms with E-state index in [2.05, 4.69) is 9.97 Å². The topological polar surface area (TPSA) is 52.1 Å². The highest BCUT2D eigenvalue weighted by Crippen LogP contribution is 2.32. The second-order valence-corrected chi connectivity index (χ2v) is 5.22. The molecular formula is C18H14F2N2O2. The van der Waals surface area contributed by atoms with Crippen molar-refractivity contribution in [3.8, 4) is 11.3 Å². The lowest BCUT2D eigenvalue weighted by Crippen LogP contribution is -2.02. The Morgan fingerprint density at radius 2 is 1.83 bits per heavy atom. The van der Waals surface area contributed by atoms with Gasteiger partial charge in [0, 0.05) is 11.6 Å². The number of carbonyl (C=O) groups excluding carboxylic acids is 1. The zero-order valence-corrected chi connectivity index (χ0v) is 13.1. The van der Waals surface area contributed by atoms with Gasteiger partial charge in [-0.2, -0.15) is 0 Å². The van der Waals surface area contributed by atoms with Gasteiger partial charge in [-0.1, -0.05) is 13.0 Å². The molecule has 0 aliphatic carbocycles. The number of fused-ring (bicyclic) bond motifs is 1. The SMILES string of the molecule is CCc1cnc(-c2c(F)cncc2F)c2cc(C(=O)OC)ccc12. The van der Waals surface area contributed by atoms with Crippen molar-refractivity contribution in [3.63, 3.8) is 0 Å². The molecule has 0 aliphatic rings. The lowest BCUT2D eigenvalue weighted by atomic mass is 9.98. The van der Waals surface area contributed by atoms with Crippen molar-refractivity contribution < 1.29 is 18.3 Å². The van der Waals surface area contributed by atoms with Crippen LogP contribution in [0.15, 0.2) is 36.8 Å². The maximum atomic E-state index is 14.1. The molecule has 0 fully saturated rings. The van der Waals surface area contributed by atoms with Crippen molar-refractivity contribution in [2.75, 3.05) is 7.11 Å².